The summed E-state index contributed by atoms with van der Waals surface area (Å²) in [6.07, 6.45) is 1.27. The number of Topliss-reactive ketones (excluding diaryl/α,β-unsaturated/α-hetero) is 1. The Morgan fingerprint density at radius 1 is 1.28 bits per heavy atom. The first kappa shape index (κ1) is 20.2. The second-order valence-electron chi connectivity index (χ2n) is 6.77. The monoisotopic (exact) mass is 367 g/mol. The van der Waals surface area contributed by atoms with Crippen LogP contribution in [0.1, 0.15) is 36.2 Å². The summed E-state index contributed by atoms with van der Waals surface area (Å²) in [7, 11) is 0. The van der Waals surface area contributed by atoms with Crippen LogP contribution < -0.4 is 10.1 Å². The van der Waals surface area contributed by atoms with Crippen molar-refractivity contribution in [2.24, 2.45) is 0 Å². The fraction of sp³-hybridized carbons (Fsp3) is 0.632. The summed E-state index contributed by atoms with van der Waals surface area (Å²) >= 11 is 0. The largest absolute Gasteiger partial charge is 0.494 e. The first-order chi connectivity index (χ1) is 11.7. The number of hydrogen-bond donors (Lipinski definition) is 1. The zero-order chi connectivity index (χ0) is 16.9. The van der Waals surface area contributed by atoms with Gasteiger partial charge in [0.2, 0.25) is 0 Å². The summed E-state index contributed by atoms with van der Waals surface area (Å²) in [6, 6.07) is 6.52. The molecule has 0 radical (unpaired) electrons. The smallest absolute Gasteiger partial charge is 0.159 e. The minimum absolute atomic E-state index is 0. The van der Waals surface area contributed by atoms with Crippen LogP contribution in [0.25, 0.3) is 0 Å². The number of nitrogens with zero attached hydrogens (tertiary/aromatic N) is 2. The average Bonchev–Trinajstić information content (AvgIpc) is 3.11. The van der Waals surface area contributed by atoms with Crippen LogP contribution in [0.4, 0.5) is 0 Å². The first-order valence-corrected chi connectivity index (χ1v) is 9.11. The highest BCUT2D eigenvalue weighted by atomic mass is 35.5. The lowest BCUT2D eigenvalue weighted by Crippen LogP contribution is -2.50. The van der Waals surface area contributed by atoms with Gasteiger partial charge in [-0.05, 0) is 45.0 Å². The third kappa shape index (κ3) is 5.17. The van der Waals surface area contributed by atoms with E-state index in [1.54, 1.807) is 6.92 Å². The molecule has 2 aliphatic rings. The number of rotatable bonds is 6. The number of ether oxygens (including phenoxy) is 1. The van der Waals surface area contributed by atoms with Crippen LogP contribution in [0, 0.1) is 0 Å². The molecule has 1 aromatic rings. The third-order valence-corrected chi connectivity index (χ3v) is 5.12. The Balaban J connectivity index is 0.00000225. The van der Waals surface area contributed by atoms with Crippen molar-refractivity contribution in [1.82, 2.24) is 15.1 Å². The molecule has 1 atom stereocenters. The van der Waals surface area contributed by atoms with Crippen molar-refractivity contribution in [3.63, 3.8) is 0 Å². The van der Waals surface area contributed by atoms with Gasteiger partial charge in [-0.25, -0.2) is 0 Å². The molecule has 2 saturated heterocycles. The lowest BCUT2D eigenvalue weighted by atomic mass is 10.1. The highest BCUT2D eigenvalue weighted by Crippen LogP contribution is 2.23. The molecular weight excluding hydrogens is 338 g/mol. The minimum Gasteiger partial charge on any atom is -0.494 e. The van der Waals surface area contributed by atoms with Gasteiger partial charge in [0.15, 0.2) is 5.78 Å². The maximum atomic E-state index is 11.7. The molecule has 0 aromatic heterocycles. The van der Waals surface area contributed by atoms with E-state index in [0.29, 0.717) is 12.6 Å². The maximum Gasteiger partial charge on any atom is 0.159 e. The molecule has 6 heteroatoms. The van der Waals surface area contributed by atoms with E-state index in [-0.39, 0.29) is 18.2 Å². The van der Waals surface area contributed by atoms with E-state index in [9.17, 15) is 4.79 Å². The Hall–Kier alpha value is -1.14. The number of carbonyl (C=O) groups is 1. The highest BCUT2D eigenvalue weighted by Gasteiger charge is 2.26. The molecular formula is C19H30ClN3O2. The van der Waals surface area contributed by atoms with E-state index in [2.05, 4.69) is 15.1 Å². The second kappa shape index (κ2) is 9.53. The molecule has 3 rings (SSSR count). The van der Waals surface area contributed by atoms with Crippen molar-refractivity contribution in [2.45, 2.75) is 32.9 Å². The normalized spacial score (nSPS) is 21.8. The molecule has 2 heterocycles. The molecule has 2 aliphatic heterocycles. The van der Waals surface area contributed by atoms with Crippen molar-refractivity contribution < 1.29 is 9.53 Å². The molecule has 0 amide bonds. The van der Waals surface area contributed by atoms with Gasteiger partial charge in [0.1, 0.15) is 5.75 Å². The first-order valence-electron chi connectivity index (χ1n) is 9.11. The van der Waals surface area contributed by atoms with Gasteiger partial charge in [-0.3, -0.25) is 14.6 Å². The Kier molecular flexibility index (Phi) is 7.69. The fourth-order valence-corrected chi connectivity index (χ4v) is 3.70. The van der Waals surface area contributed by atoms with Gasteiger partial charge in [-0.1, -0.05) is 0 Å². The van der Waals surface area contributed by atoms with Gasteiger partial charge in [-0.2, -0.15) is 0 Å². The van der Waals surface area contributed by atoms with Gasteiger partial charge in [0, 0.05) is 56.4 Å². The lowest BCUT2D eigenvalue weighted by Gasteiger charge is -2.38. The number of nitrogens with one attached hydrogen (secondary N) is 1. The molecule has 1 N–H and O–H groups in total. The van der Waals surface area contributed by atoms with Crippen LogP contribution >= 0.6 is 12.4 Å². The SMILES string of the molecule is CCOc1ccc(C(C)=O)cc1CN1CCN(C2CCNC2)CC1.Cl. The third-order valence-electron chi connectivity index (χ3n) is 5.12. The summed E-state index contributed by atoms with van der Waals surface area (Å²) in [6.45, 7) is 11.8. The van der Waals surface area contributed by atoms with Crippen LogP contribution in [0.3, 0.4) is 0 Å². The molecule has 0 spiro atoms. The summed E-state index contributed by atoms with van der Waals surface area (Å²) < 4.78 is 5.76. The van der Waals surface area contributed by atoms with Crippen molar-refractivity contribution in [1.29, 1.82) is 0 Å². The highest BCUT2D eigenvalue weighted by molar-refractivity contribution is 5.94. The zero-order valence-electron chi connectivity index (χ0n) is 15.3. The minimum atomic E-state index is 0. The quantitative estimate of drug-likeness (QED) is 0.781. The zero-order valence-corrected chi connectivity index (χ0v) is 16.1. The predicted octanol–water partition coefficient (Wildman–Crippen LogP) is 2.19. The van der Waals surface area contributed by atoms with Crippen molar-refractivity contribution in [3.8, 4) is 5.75 Å². The number of carbonyl (C=O) groups excluding carboxylic acids is 1. The number of benzene rings is 1. The molecule has 1 aromatic carbocycles. The number of hydrogen-bond acceptors (Lipinski definition) is 5. The van der Waals surface area contributed by atoms with Crippen LogP contribution in [0.15, 0.2) is 18.2 Å². The van der Waals surface area contributed by atoms with E-state index < -0.39 is 0 Å². The molecule has 0 aliphatic carbocycles. The van der Waals surface area contributed by atoms with Gasteiger partial charge < -0.3 is 10.1 Å². The number of ketones is 1. The molecule has 0 saturated carbocycles. The van der Waals surface area contributed by atoms with Gasteiger partial charge in [0.05, 0.1) is 6.61 Å². The number of halogens is 1. The lowest BCUT2D eigenvalue weighted by molar-refractivity contribution is 0.0972. The standard InChI is InChI=1S/C19H29N3O2.ClH/c1-3-24-19-5-4-16(15(2)23)12-17(19)14-21-8-10-22(11-9-21)18-6-7-20-13-18;/h4-5,12,18,20H,3,6-11,13-14H2,1-2H3;1H. The topological polar surface area (TPSA) is 44.8 Å². The molecule has 25 heavy (non-hydrogen) atoms. The Bertz CT molecular complexity index is 568. The summed E-state index contributed by atoms with van der Waals surface area (Å²) in [5, 5.41) is 3.46. The van der Waals surface area contributed by atoms with E-state index in [1.165, 1.54) is 6.42 Å². The molecule has 5 nitrogen and oxygen atoms in total. The summed E-state index contributed by atoms with van der Waals surface area (Å²) in [4.78, 5) is 16.8. The molecule has 1 unspecified atom stereocenters. The van der Waals surface area contributed by atoms with E-state index in [0.717, 1.165) is 62.7 Å². The van der Waals surface area contributed by atoms with Gasteiger partial charge >= 0.3 is 0 Å². The van der Waals surface area contributed by atoms with Crippen molar-refractivity contribution in [3.05, 3.63) is 29.3 Å². The summed E-state index contributed by atoms with van der Waals surface area (Å²) in [5.41, 5.74) is 1.89. The molecule has 2 fully saturated rings. The van der Waals surface area contributed by atoms with Crippen LogP contribution in [0.5, 0.6) is 5.75 Å². The predicted molar refractivity (Wildman–Crippen MR) is 103 cm³/mol. The Morgan fingerprint density at radius 3 is 2.64 bits per heavy atom. The van der Waals surface area contributed by atoms with E-state index in [4.69, 9.17) is 4.74 Å². The Morgan fingerprint density at radius 2 is 2.04 bits per heavy atom. The van der Waals surface area contributed by atoms with Gasteiger partial charge in [-0.15, -0.1) is 12.4 Å². The van der Waals surface area contributed by atoms with Crippen molar-refractivity contribution >= 4 is 18.2 Å². The Labute approximate surface area is 157 Å². The fourth-order valence-electron chi connectivity index (χ4n) is 3.70. The molecule has 140 valence electrons. The van der Waals surface area contributed by atoms with E-state index >= 15 is 0 Å². The number of piperazine rings is 1. The van der Waals surface area contributed by atoms with Crippen LogP contribution in [-0.2, 0) is 6.54 Å². The second-order valence-corrected chi connectivity index (χ2v) is 6.77. The maximum absolute atomic E-state index is 11.7. The van der Waals surface area contributed by atoms with Crippen LogP contribution in [0.2, 0.25) is 0 Å². The summed E-state index contributed by atoms with van der Waals surface area (Å²) in [5.74, 6) is 1.02. The van der Waals surface area contributed by atoms with Gasteiger partial charge in [0.25, 0.3) is 0 Å². The van der Waals surface area contributed by atoms with Crippen LogP contribution in [-0.4, -0.2) is 67.5 Å². The van der Waals surface area contributed by atoms with Crippen molar-refractivity contribution in [2.75, 3.05) is 45.9 Å². The molecule has 0 bridgehead atoms. The van der Waals surface area contributed by atoms with E-state index in [1.807, 2.05) is 25.1 Å². The average molecular weight is 368 g/mol.